The lowest BCUT2D eigenvalue weighted by Crippen LogP contribution is -2.12. The summed E-state index contributed by atoms with van der Waals surface area (Å²) in [6.45, 7) is 2.22. The molecule has 0 amide bonds. The van der Waals surface area contributed by atoms with E-state index < -0.39 is 0 Å². The van der Waals surface area contributed by atoms with Gasteiger partial charge in [0.05, 0.1) is 5.56 Å². The van der Waals surface area contributed by atoms with Crippen LogP contribution in [0.2, 0.25) is 0 Å². The maximum atomic E-state index is 13.7. The molecule has 0 N–H and O–H groups in total. The van der Waals surface area contributed by atoms with Crippen LogP contribution >= 0.6 is 0 Å². The molecule has 1 saturated carbocycles. The van der Waals surface area contributed by atoms with Crippen LogP contribution in [0.15, 0.2) is 30.4 Å². The first-order chi connectivity index (χ1) is 10.2. The van der Waals surface area contributed by atoms with E-state index in [1.54, 1.807) is 12.1 Å². The Bertz CT molecular complexity index is 519. The quantitative estimate of drug-likeness (QED) is 0.501. The van der Waals surface area contributed by atoms with Crippen LogP contribution in [-0.2, 0) is 0 Å². The first-order valence-corrected chi connectivity index (χ1v) is 8.10. The fourth-order valence-corrected chi connectivity index (χ4v) is 3.13. The summed E-state index contributed by atoms with van der Waals surface area (Å²) in [5.41, 5.74) is 1.20. The Morgan fingerprint density at radius 1 is 1.29 bits per heavy atom. The van der Waals surface area contributed by atoms with Crippen molar-refractivity contribution in [3.63, 3.8) is 0 Å². The third-order valence-electron chi connectivity index (χ3n) is 4.49. The van der Waals surface area contributed by atoms with E-state index in [4.69, 9.17) is 5.26 Å². The summed E-state index contributed by atoms with van der Waals surface area (Å²) in [6.07, 6.45) is 13.0. The summed E-state index contributed by atoms with van der Waals surface area (Å²) >= 11 is 0. The first kappa shape index (κ1) is 15.8. The average Bonchev–Trinajstić information content (AvgIpc) is 2.52. The molecule has 0 heterocycles. The van der Waals surface area contributed by atoms with Gasteiger partial charge in [-0.3, -0.25) is 0 Å². The third-order valence-corrected chi connectivity index (χ3v) is 4.49. The lowest BCUT2D eigenvalue weighted by atomic mass is 9.78. The summed E-state index contributed by atoms with van der Waals surface area (Å²) in [5, 5.41) is 8.78. The molecule has 1 nitrogen and oxygen atoms in total. The Balaban J connectivity index is 1.88. The number of unbranched alkanes of at least 4 members (excludes halogenated alkanes) is 2. The SMILES string of the molecule is CCCCC=CC1CCC(c2ccc(C#N)c(F)c2)CC1. The number of hydrogen-bond donors (Lipinski definition) is 0. The maximum absolute atomic E-state index is 13.7. The molecule has 1 aromatic carbocycles. The van der Waals surface area contributed by atoms with E-state index in [1.165, 1.54) is 32.1 Å². The van der Waals surface area contributed by atoms with Crippen LogP contribution in [0.25, 0.3) is 0 Å². The van der Waals surface area contributed by atoms with Gasteiger partial charge >= 0.3 is 0 Å². The number of nitrogens with zero attached hydrogens (tertiary/aromatic N) is 1. The highest BCUT2D eigenvalue weighted by atomic mass is 19.1. The van der Waals surface area contributed by atoms with Gasteiger partial charge in [0, 0.05) is 0 Å². The average molecular weight is 285 g/mol. The molecule has 0 saturated heterocycles. The van der Waals surface area contributed by atoms with Gasteiger partial charge in [0.2, 0.25) is 0 Å². The van der Waals surface area contributed by atoms with Crippen LogP contribution in [-0.4, -0.2) is 0 Å². The van der Waals surface area contributed by atoms with Gasteiger partial charge in [-0.2, -0.15) is 5.26 Å². The number of halogens is 1. The van der Waals surface area contributed by atoms with Crippen LogP contribution in [0.1, 0.15) is 68.9 Å². The van der Waals surface area contributed by atoms with Crippen LogP contribution in [0.4, 0.5) is 4.39 Å². The van der Waals surface area contributed by atoms with E-state index in [0.717, 1.165) is 18.4 Å². The van der Waals surface area contributed by atoms with Crippen molar-refractivity contribution in [3.8, 4) is 6.07 Å². The Labute approximate surface area is 127 Å². The second-order valence-electron chi connectivity index (χ2n) is 6.03. The Morgan fingerprint density at radius 2 is 2.05 bits per heavy atom. The second kappa shape index (κ2) is 7.98. The zero-order valence-corrected chi connectivity index (χ0v) is 12.8. The second-order valence-corrected chi connectivity index (χ2v) is 6.03. The van der Waals surface area contributed by atoms with Crippen molar-refractivity contribution in [3.05, 3.63) is 47.3 Å². The van der Waals surface area contributed by atoms with E-state index in [-0.39, 0.29) is 11.4 Å². The van der Waals surface area contributed by atoms with Crippen molar-refractivity contribution in [2.24, 2.45) is 5.92 Å². The van der Waals surface area contributed by atoms with Gasteiger partial charge in [-0.1, -0.05) is 38.0 Å². The normalized spacial score (nSPS) is 22.3. The predicted molar refractivity (Wildman–Crippen MR) is 84.5 cm³/mol. The largest absolute Gasteiger partial charge is 0.206 e. The molecule has 0 atom stereocenters. The van der Waals surface area contributed by atoms with Crippen molar-refractivity contribution in [1.29, 1.82) is 5.26 Å². The minimum absolute atomic E-state index is 0.145. The standard InChI is InChI=1S/C19H24FN/c1-2-3-4-5-6-15-7-9-16(10-8-15)17-11-12-18(14-21)19(20)13-17/h5-6,11-13,15-16H,2-4,7-10H2,1H3. The molecule has 0 aromatic heterocycles. The lowest BCUT2D eigenvalue weighted by molar-refractivity contribution is 0.374. The Hall–Kier alpha value is -1.62. The van der Waals surface area contributed by atoms with Crippen LogP contribution in [0, 0.1) is 23.1 Å². The fourth-order valence-electron chi connectivity index (χ4n) is 3.13. The first-order valence-electron chi connectivity index (χ1n) is 8.10. The molecule has 2 rings (SSSR count). The summed E-state index contributed by atoms with van der Waals surface area (Å²) < 4.78 is 13.7. The van der Waals surface area contributed by atoms with Crippen molar-refractivity contribution >= 4 is 0 Å². The van der Waals surface area contributed by atoms with E-state index >= 15 is 0 Å². The lowest BCUT2D eigenvalue weighted by Gasteiger charge is -2.27. The van der Waals surface area contributed by atoms with Crippen molar-refractivity contribution in [1.82, 2.24) is 0 Å². The number of hydrogen-bond acceptors (Lipinski definition) is 1. The number of allylic oxidation sites excluding steroid dienone is 2. The molecule has 1 fully saturated rings. The van der Waals surface area contributed by atoms with Gasteiger partial charge in [-0.05, 0) is 61.6 Å². The van der Waals surface area contributed by atoms with Gasteiger partial charge in [0.1, 0.15) is 11.9 Å². The minimum Gasteiger partial charge on any atom is -0.206 e. The molecule has 0 aliphatic heterocycles. The van der Waals surface area contributed by atoms with Gasteiger partial charge < -0.3 is 0 Å². The molecule has 0 unspecified atom stereocenters. The summed E-state index contributed by atoms with van der Waals surface area (Å²) in [7, 11) is 0. The van der Waals surface area contributed by atoms with Crippen molar-refractivity contribution in [2.45, 2.75) is 57.8 Å². The summed E-state index contributed by atoms with van der Waals surface area (Å²) in [6, 6.07) is 6.97. The molecule has 112 valence electrons. The molecular weight excluding hydrogens is 261 g/mol. The van der Waals surface area contributed by atoms with Gasteiger partial charge in [-0.15, -0.1) is 0 Å². The van der Waals surface area contributed by atoms with Crippen LogP contribution in [0.3, 0.4) is 0 Å². The van der Waals surface area contributed by atoms with Crippen LogP contribution in [0.5, 0.6) is 0 Å². The van der Waals surface area contributed by atoms with Gasteiger partial charge in [-0.25, -0.2) is 4.39 Å². The maximum Gasteiger partial charge on any atom is 0.141 e. The smallest absolute Gasteiger partial charge is 0.141 e. The minimum atomic E-state index is -0.378. The molecule has 0 radical (unpaired) electrons. The molecule has 2 heteroatoms. The molecule has 21 heavy (non-hydrogen) atoms. The van der Waals surface area contributed by atoms with Gasteiger partial charge in [0.15, 0.2) is 0 Å². The summed E-state index contributed by atoms with van der Waals surface area (Å²) in [4.78, 5) is 0. The Kier molecular flexibility index (Phi) is 5.99. The van der Waals surface area contributed by atoms with Crippen molar-refractivity contribution < 1.29 is 4.39 Å². The number of rotatable bonds is 5. The van der Waals surface area contributed by atoms with Crippen LogP contribution < -0.4 is 0 Å². The van der Waals surface area contributed by atoms with Crippen molar-refractivity contribution in [2.75, 3.05) is 0 Å². The molecule has 0 spiro atoms. The third kappa shape index (κ3) is 4.43. The number of benzene rings is 1. The zero-order chi connectivity index (χ0) is 15.1. The van der Waals surface area contributed by atoms with E-state index in [0.29, 0.717) is 11.8 Å². The molecule has 1 aliphatic carbocycles. The predicted octanol–water partition coefficient (Wildman–Crippen LogP) is 5.72. The highest BCUT2D eigenvalue weighted by Crippen LogP contribution is 2.36. The fraction of sp³-hybridized carbons (Fsp3) is 0.526. The monoisotopic (exact) mass is 285 g/mol. The molecule has 0 bridgehead atoms. The summed E-state index contributed by atoms with van der Waals surface area (Å²) in [5.74, 6) is 0.769. The molecule has 1 aromatic rings. The van der Waals surface area contributed by atoms with E-state index in [2.05, 4.69) is 19.1 Å². The highest BCUT2D eigenvalue weighted by Gasteiger charge is 2.21. The van der Waals surface area contributed by atoms with E-state index in [9.17, 15) is 4.39 Å². The molecular formula is C19H24FN. The Morgan fingerprint density at radius 3 is 2.67 bits per heavy atom. The number of nitriles is 1. The van der Waals surface area contributed by atoms with Gasteiger partial charge in [0.25, 0.3) is 0 Å². The van der Waals surface area contributed by atoms with E-state index in [1.807, 2.05) is 12.1 Å². The highest BCUT2D eigenvalue weighted by molar-refractivity contribution is 5.35. The topological polar surface area (TPSA) is 23.8 Å². The molecule has 1 aliphatic rings. The zero-order valence-electron chi connectivity index (χ0n) is 12.8.